The summed E-state index contributed by atoms with van der Waals surface area (Å²) < 4.78 is 0. The average Bonchev–Trinajstić information content (AvgIpc) is 3.39. The molecule has 3 rings (SSSR count). The number of amides is 1. The summed E-state index contributed by atoms with van der Waals surface area (Å²) in [6.45, 7) is 3.52. The van der Waals surface area contributed by atoms with Crippen LogP contribution in [0.3, 0.4) is 0 Å². The second kappa shape index (κ2) is 5.73. The first-order valence-corrected chi connectivity index (χ1v) is 7.30. The second-order valence-electron chi connectivity index (χ2n) is 5.62. The summed E-state index contributed by atoms with van der Waals surface area (Å²) in [5.74, 6) is 0.101. The first-order valence-electron chi connectivity index (χ1n) is 7.30. The third-order valence-electron chi connectivity index (χ3n) is 4.20. The number of carbonyl (C=O) groups is 1. The number of hydrogen-bond donors (Lipinski definition) is 2. The number of hydrogen-bond acceptors (Lipinski definition) is 4. The summed E-state index contributed by atoms with van der Waals surface area (Å²) in [5.41, 5.74) is 6.76. The van der Waals surface area contributed by atoms with E-state index in [1.165, 1.54) is 12.8 Å². The average molecular weight is 288 g/mol. The second-order valence-corrected chi connectivity index (χ2v) is 5.62. The van der Waals surface area contributed by atoms with E-state index in [4.69, 9.17) is 10.9 Å². The van der Waals surface area contributed by atoms with Crippen LogP contribution in [0.1, 0.15) is 28.8 Å². The fourth-order valence-corrected chi connectivity index (χ4v) is 2.75. The molecule has 0 bridgehead atoms. The molecule has 1 aliphatic heterocycles. The van der Waals surface area contributed by atoms with Gasteiger partial charge in [0.15, 0.2) is 5.84 Å². The van der Waals surface area contributed by atoms with E-state index in [-0.39, 0.29) is 11.7 Å². The minimum atomic E-state index is 0.0482. The summed E-state index contributed by atoms with van der Waals surface area (Å²) in [5, 5.41) is 11.6. The molecule has 2 fully saturated rings. The quantitative estimate of drug-likeness (QED) is 0.371. The minimum Gasteiger partial charge on any atom is -0.409 e. The van der Waals surface area contributed by atoms with E-state index in [0.29, 0.717) is 11.1 Å². The predicted molar refractivity (Wildman–Crippen MR) is 79.5 cm³/mol. The molecular formula is C15H20N4O2. The van der Waals surface area contributed by atoms with Crippen LogP contribution in [-0.2, 0) is 0 Å². The summed E-state index contributed by atoms with van der Waals surface area (Å²) in [7, 11) is 0. The van der Waals surface area contributed by atoms with Gasteiger partial charge in [-0.3, -0.25) is 9.69 Å². The van der Waals surface area contributed by atoms with Crippen LogP contribution in [0.15, 0.2) is 29.4 Å². The molecule has 0 atom stereocenters. The van der Waals surface area contributed by atoms with E-state index >= 15 is 0 Å². The zero-order valence-corrected chi connectivity index (χ0v) is 11.9. The third kappa shape index (κ3) is 3.00. The molecular weight excluding hydrogens is 268 g/mol. The first kappa shape index (κ1) is 13.9. The molecule has 112 valence electrons. The smallest absolute Gasteiger partial charge is 0.253 e. The molecule has 0 unspecified atom stereocenters. The number of amidine groups is 1. The Morgan fingerprint density at radius 2 is 1.67 bits per heavy atom. The zero-order valence-electron chi connectivity index (χ0n) is 11.9. The van der Waals surface area contributed by atoms with Gasteiger partial charge in [0.2, 0.25) is 0 Å². The Hall–Kier alpha value is -2.08. The highest BCUT2D eigenvalue weighted by atomic mass is 16.4. The highest BCUT2D eigenvalue weighted by Gasteiger charge is 2.32. The molecule has 1 aromatic rings. The molecule has 1 saturated carbocycles. The normalized spacial score (nSPS) is 20.6. The van der Waals surface area contributed by atoms with E-state index in [9.17, 15) is 4.79 Å². The van der Waals surface area contributed by atoms with Crippen molar-refractivity contribution in [3.8, 4) is 0 Å². The van der Waals surface area contributed by atoms with Gasteiger partial charge in [0.1, 0.15) is 0 Å². The van der Waals surface area contributed by atoms with Crippen LogP contribution < -0.4 is 5.73 Å². The Bertz CT molecular complexity index is 543. The number of oxime groups is 1. The van der Waals surface area contributed by atoms with Gasteiger partial charge in [0.05, 0.1) is 0 Å². The van der Waals surface area contributed by atoms with Crippen LogP contribution in [0.4, 0.5) is 0 Å². The van der Waals surface area contributed by atoms with Crippen molar-refractivity contribution in [2.24, 2.45) is 10.9 Å². The van der Waals surface area contributed by atoms with Gasteiger partial charge < -0.3 is 15.8 Å². The van der Waals surface area contributed by atoms with Crippen LogP contribution in [0.2, 0.25) is 0 Å². The maximum absolute atomic E-state index is 12.4. The zero-order chi connectivity index (χ0) is 14.8. The minimum absolute atomic E-state index is 0.0482. The standard InChI is InChI=1S/C15H20N4O2/c16-14(17-21)11-1-3-12(4-2-11)15(20)19-9-7-18(8-10-19)13-5-6-13/h1-4,13,21H,5-10H2,(H2,16,17). The maximum atomic E-state index is 12.4. The lowest BCUT2D eigenvalue weighted by Gasteiger charge is -2.34. The van der Waals surface area contributed by atoms with Gasteiger partial charge in [0.25, 0.3) is 5.91 Å². The maximum Gasteiger partial charge on any atom is 0.253 e. The fourth-order valence-electron chi connectivity index (χ4n) is 2.75. The van der Waals surface area contributed by atoms with Crippen LogP contribution in [0.25, 0.3) is 0 Å². The Morgan fingerprint density at radius 3 is 2.19 bits per heavy atom. The van der Waals surface area contributed by atoms with Crippen molar-refractivity contribution in [2.75, 3.05) is 26.2 Å². The molecule has 6 heteroatoms. The SMILES string of the molecule is NC(=NO)c1ccc(C(=O)N2CCN(C3CC3)CC2)cc1. The number of nitrogens with zero attached hydrogens (tertiary/aromatic N) is 3. The van der Waals surface area contributed by atoms with Gasteiger partial charge in [-0.1, -0.05) is 17.3 Å². The number of rotatable bonds is 3. The Morgan fingerprint density at radius 1 is 1.10 bits per heavy atom. The Kier molecular flexibility index (Phi) is 3.79. The summed E-state index contributed by atoms with van der Waals surface area (Å²) in [6, 6.07) is 7.61. The van der Waals surface area contributed by atoms with E-state index in [2.05, 4.69) is 10.1 Å². The Labute approximate surface area is 123 Å². The molecule has 6 nitrogen and oxygen atoms in total. The number of benzene rings is 1. The monoisotopic (exact) mass is 288 g/mol. The summed E-state index contributed by atoms with van der Waals surface area (Å²) >= 11 is 0. The van der Waals surface area contributed by atoms with Crippen LogP contribution in [0.5, 0.6) is 0 Å². The lowest BCUT2D eigenvalue weighted by atomic mass is 10.1. The third-order valence-corrected chi connectivity index (χ3v) is 4.20. The molecule has 3 N–H and O–H groups in total. The highest BCUT2D eigenvalue weighted by Crippen LogP contribution is 2.27. The lowest BCUT2D eigenvalue weighted by Crippen LogP contribution is -2.49. The molecule has 1 aliphatic carbocycles. The van der Waals surface area contributed by atoms with Gasteiger partial charge >= 0.3 is 0 Å². The molecule has 0 spiro atoms. The van der Waals surface area contributed by atoms with Gasteiger partial charge in [0, 0.05) is 43.3 Å². The van der Waals surface area contributed by atoms with E-state index in [0.717, 1.165) is 32.2 Å². The van der Waals surface area contributed by atoms with E-state index in [1.807, 2.05) is 4.90 Å². The van der Waals surface area contributed by atoms with Crippen molar-refractivity contribution >= 4 is 11.7 Å². The largest absolute Gasteiger partial charge is 0.409 e. The van der Waals surface area contributed by atoms with Crippen LogP contribution in [-0.4, -0.2) is 59.0 Å². The molecule has 1 saturated heterocycles. The van der Waals surface area contributed by atoms with Crippen LogP contribution >= 0.6 is 0 Å². The Balaban J connectivity index is 1.62. The summed E-state index contributed by atoms with van der Waals surface area (Å²) in [4.78, 5) is 16.8. The van der Waals surface area contributed by atoms with Crippen molar-refractivity contribution < 1.29 is 10.0 Å². The van der Waals surface area contributed by atoms with Gasteiger partial charge in [-0.15, -0.1) is 0 Å². The van der Waals surface area contributed by atoms with Crippen molar-refractivity contribution in [3.05, 3.63) is 35.4 Å². The molecule has 1 heterocycles. The van der Waals surface area contributed by atoms with Gasteiger partial charge in [-0.25, -0.2) is 0 Å². The number of piperazine rings is 1. The molecule has 1 aromatic carbocycles. The molecule has 1 amide bonds. The first-order chi connectivity index (χ1) is 10.2. The summed E-state index contributed by atoms with van der Waals surface area (Å²) in [6.07, 6.45) is 2.62. The van der Waals surface area contributed by atoms with Crippen molar-refractivity contribution in [2.45, 2.75) is 18.9 Å². The van der Waals surface area contributed by atoms with Crippen LogP contribution in [0, 0.1) is 0 Å². The van der Waals surface area contributed by atoms with Gasteiger partial charge in [-0.05, 0) is 25.0 Å². The molecule has 0 radical (unpaired) electrons. The molecule has 2 aliphatic rings. The lowest BCUT2D eigenvalue weighted by molar-refractivity contribution is 0.0627. The van der Waals surface area contributed by atoms with Crippen molar-refractivity contribution in [3.63, 3.8) is 0 Å². The van der Waals surface area contributed by atoms with E-state index < -0.39 is 0 Å². The molecule has 21 heavy (non-hydrogen) atoms. The fraction of sp³-hybridized carbons (Fsp3) is 0.467. The topological polar surface area (TPSA) is 82.2 Å². The van der Waals surface area contributed by atoms with E-state index in [1.54, 1.807) is 24.3 Å². The predicted octanol–water partition coefficient (Wildman–Crippen LogP) is 0.701. The number of carbonyl (C=O) groups excluding carboxylic acids is 1. The van der Waals surface area contributed by atoms with Crippen molar-refractivity contribution in [1.29, 1.82) is 0 Å². The number of nitrogens with two attached hydrogens (primary N) is 1. The van der Waals surface area contributed by atoms with Gasteiger partial charge in [-0.2, -0.15) is 0 Å². The molecule has 0 aromatic heterocycles. The van der Waals surface area contributed by atoms with Crippen molar-refractivity contribution in [1.82, 2.24) is 9.80 Å². The highest BCUT2D eigenvalue weighted by molar-refractivity contribution is 5.99.